The fraction of sp³-hybridized carbons (Fsp3) is 0.750. The van der Waals surface area contributed by atoms with Crippen molar-refractivity contribution in [3.8, 4) is 0 Å². The largest absolute Gasteiger partial charge is 0.480 e. The van der Waals surface area contributed by atoms with Crippen molar-refractivity contribution < 1.29 is 43.8 Å². The Morgan fingerprint density at radius 1 is 0.630 bits per heavy atom. The summed E-state index contributed by atoms with van der Waals surface area (Å²) in [4.78, 5) is 87.8. The van der Waals surface area contributed by atoms with E-state index in [2.05, 4.69) is 26.6 Å². The number of aliphatic hydroxyl groups excluding tert-OH is 1. The molecule has 0 unspecified atom stereocenters. The molecule has 0 fully saturated rings. The molecule has 0 saturated heterocycles. The van der Waals surface area contributed by atoms with Crippen molar-refractivity contribution in [3.63, 3.8) is 0 Å². The normalized spacial score (nSPS) is 15.7. The molecule has 0 aliphatic rings. The van der Waals surface area contributed by atoms with Crippen LogP contribution in [0.1, 0.15) is 72.6 Å². The summed E-state index contributed by atoms with van der Waals surface area (Å²) < 4.78 is 0. The summed E-state index contributed by atoms with van der Waals surface area (Å²) >= 11 is 0. The van der Waals surface area contributed by atoms with Crippen LogP contribution in [0.3, 0.4) is 0 Å². The van der Waals surface area contributed by atoms with Crippen LogP contribution in [0.25, 0.3) is 0 Å². The maximum absolute atomic E-state index is 13.2. The first-order valence-corrected chi connectivity index (χ1v) is 15.3. The van der Waals surface area contributed by atoms with E-state index in [1.54, 1.807) is 13.8 Å². The second-order valence-corrected chi connectivity index (χ2v) is 11.5. The quantitative estimate of drug-likeness (QED) is 0.0468. The number of aliphatic carboxylic acids is 1. The molecule has 15 N–H and O–H groups in total. The fourth-order valence-corrected chi connectivity index (χ4v) is 4.19. The average Bonchev–Trinajstić information content (AvgIpc) is 2.96. The van der Waals surface area contributed by atoms with Gasteiger partial charge in [-0.3, -0.25) is 28.8 Å². The van der Waals surface area contributed by atoms with E-state index in [4.69, 9.17) is 22.9 Å². The number of carbonyl (C=O) groups is 7. The van der Waals surface area contributed by atoms with Gasteiger partial charge in [-0.05, 0) is 65.0 Å². The second kappa shape index (κ2) is 21.8. The molecule has 46 heavy (non-hydrogen) atoms. The molecule has 0 saturated carbocycles. The molecule has 0 aliphatic heterocycles. The molecule has 18 nitrogen and oxygen atoms in total. The smallest absolute Gasteiger partial charge is 0.328 e. The number of aliphatic hydroxyl groups is 1. The molecule has 0 radical (unpaired) electrons. The molecule has 0 heterocycles. The number of carbonyl (C=O) groups excluding carboxylic acids is 6. The van der Waals surface area contributed by atoms with E-state index in [-0.39, 0.29) is 18.9 Å². The Morgan fingerprint density at radius 2 is 1.13 bits per heavy atom. The van der Waals surface area contributed by atoms with Gasteiger partial charge in [0.1, 0.15) is 24.2 Å². The lowest BCUT2D eigenvalue weighted by Crippen LogP contribution is -2.60. The average molecular weight is 660 g/mol. The van der Waals surface area contributed by atoms with Crippen LogP contribution in [0.4, 0.5) is 0 Å². The lowest BCUT2D eigenvalue weighted by molar-refractivity contribution is -0.145. The van der Waals surface area contributed by atoms with E-state index in [1.807, 2.05) is 0 Å². The third-order valence-electron chi connectivity index (χ3n) is 6.97. The summed E-state index contributed by atoms with van der Waals surface area (Å²) in [5.74, 6) is -6.90. The Kier molecular flexibility index (Phi) is 20.0. The standard InChI is InChI=1S/C28H53N9O9/c1-14(2)21(36-24(41)17(31)9-5-7-11-29)27(44)33-15(3)23(40)35-19(13-20(32)39)26(43)34-18(10-6-8-12-30)25(42)37-22(16(4)38)28(45)46/h14-19,21-22,38H,5-13,29-31H2,1-4H3,(H2,32,39)(H,33,44)(H,34,43)(H,35,40)(H,36,41)(H,37,42)(H,45,46)/t15-,16+,17-,18-,19-,21-,22-/m0/s1. The molecular formula is C28H53N9O9. The Labute approximate surface area is 268 Å². The van der Waals surface area contributed by atoms with Gasteiger partial charge in [0.05, 0.1) is 18.6 Å². The molecule has 264 valence electrons. The molecule has 18 heteroatoms. The number of hydrogen-bond donors (Lipinski definition) is 11. The highest BCUT2D eigenvalue weighted by molar-refractivity contribution is 5.97. The summed E-state index contributed by atoms with van der Waals surface area (Å²) in [5, 5.41) is 31.0. The lowest BCUT2D eigenvalue weighted by atomic mass is 10.0. The van der Waals surface area contributed by atoms with E-state index in [0.29, 0.717) is 38.6 Å². The molecule has 0 rings (SSSR count). The van der Waals surface area contributed by atoms with Crippen molar-refractivity contribution in [2.75, 3.05) is 13.1 Å². The Morgan fingerprint density at radius 3 is 1.61 bits per heavy atom. The van der Waals surface area contributed by atoms with Gasteiger partial charge in [0.2, 0.25) is 35.4 Å². The number of nitrogens with one attached hydrogen (secondary N) is 5. The SMILES string of the molecule is CC(C)[C@H](NC(=O)[C@@H](N)CCCCN)C(=O)N[C@@H](C)C(=O)N[C@@H](CC(N)=O)C(=O)N[C@@H](CCCCN)C(=O)N[C@H](C(=O)O)[C@@H](C)O. The zero-order valence-corrected chi connectivity index (χ0v) is 27.0. The summed E-state index contributed by atoms with van der Waals surface area (Å²) in [6, 6.07) is -7.72. The highest BCUT2D eigenvalue weighted by atomic mass is 16.4. The minimum absolute atomic E-state index is 0.0175. The predicted molar refractivity (Wildman–Crippen MR) is 167 cm³/mol. The van der Waals surface area contributed by atoms with Crippen LogP contribution in [0.5, 0.6) is 0 Å². The molecular weight excluding hydrogens is 606 g/mol. The van der Waals surface area contributed by atoms with Gasteiger partial charge in [0, 0.05) is 0 Å². The van der Waals surface area contributed by atoms with Crippen LogP contribution >= 0.6 is 0 Å². The lowest BCUT2D eigenvalue weighted by Gasteiger charge is -2.27. The first kappa shape index (κ1) is 42.1. The van der Waals surface area contributed by atoms with Crippen LogP contribution < -0.4 is 49.5 Å². The van der Waals surface area contributed by atoms with Gasteiger partial charge in [0.25, 0.3) is 0 Å². The highest BCUT2D eigenvalue weighted by Gasteiger charge is 2.33. The van der Waals surface area contributed by atoms with Crippen molar-refractivity contribution in [2.45, 2.75) is 115 Å². The van der Waals surface area contributed by atoms with Gasteiger partial charge >= 0.3 is 5.97 Å². The third-order valence-corrected chi connectivity index (χ3v) is 6.97. The monoisotopic (exact) mass is 659 g/mol. The maximum atomic E-state index is 13.2. The second-order valence-electron chi connectivity index (χ2n) is 11.5. The van der Waals surface area contributed by atoms with Gasteiger partial charge in [0.15, 0.2) is 6.04 Å². The summed E-state index contributed by atoms with van der Waals surface area (Å²) in [7, 11) is 0. The van der Waals surface area contributed by atoms with Crippen molar-refractivity contribution >= 4 is 41.4 Å². The van der Waals surface area contributed by atoms with E-state index in [0.717, 1.165) is 6.92 Å². The molecule has 0 aromatic carbocycles. The number of rotatable bonds is 23. The van der Waals surface area contributed by atoms with Crippen molar-refractivity contribution in [2.24, 2.45) is 28.9 Å². The van der Waals surface area contributed by atoms with E-state index < -0.39 is 90.2 Å². The van der Waals surface area contributed by atoms with Crippen molar-refractivity contribution in [1.82, 2.24) is 26.6 Å². The number of carboxylic acids is 1. The number of nitrogens with two attached hydrogens (primary N) is 4. The molecule has 0 aromatic heterocycles. The molecule has 0 aliphatic carbocycles. The van der Waals surface area contributed by atoms with Gasteiger partial charge in [-0.15, -0.1) is 0 Å². The number of unbranched alkanes of at least 4 members (excludes halogenated alkanes) is 2. The fourth-order valence-electron chi connectivity index (χ4n) is 4.19. The minimum Gasteiger partial charge on any atom is -0.480 e. The van der Waals surface area contributed by atoms with Crippen LogP contribution in [-0.2, 0) is 33.6 Å². The topological polar surface area (TPSA) is 324 Å². The first-order valence-electron chi connectivity index (χ1n) is 15.3. The molecule has 6 amide bonds. The molecule has 0 aromatic rings. The molecule has 0 spiro atoms. The number of amides is 6. The van der Waals surface area contributed by atoms with Crippen LogP contribution in [0.2, 0.25) is 0 Å². The maximum Gasteiger partial charge on any atom is 0.328 e. The van der Waals surface area contributed by atoms with Gasteiger partial charge in [-0.2, -0.15) is 0 Å². The molecule has 7 atom stereocenters. The summed E-state index contributed by atoms with van der Waals surface area (Å²) in [6.07, 6.45) is 0.392. The molecule has 0 bridgehead atoms. The summed E-state index contributed by atoms with van der Waals surface area (Å²) in [5.41, 5.74) is 22.2. The van der Waals surface area contributed by atoms with E-state index in [9.17, 15) is 43.8 Å². The van der Waals surface area contributed by atoms with E-state index in [1.165, 1.54) is 6.92 Å². The zero-order valence-electron chi connectivity index (χ0n) is 27.0. The number of carboxylic acid groups (broad SMARTS) is 1. The number of primary amides is 1. The van der Waals surface area contributed by atoms with Crippen LogP contribution in [-0.4, -0.2) is 107 Å². The summed E-state index contributed by atoms with van der Waals surface area (Å²) in [6.45, 7) is 6.58. The zero-order chi connectivity index (χ0) is 35.6. The van der Waals surface area contributed by atoms with E-state index >= 15 is 0 Å². The number of hydrogen-bond acceptors (Lipinski definition) is 11. The third kappa shape index (κ3) is 15.9. The minimum atomic E-state index is -1.67. The van der Waals surface area contributed by atoms with Gasteiger partial charge in [-0.1, -0.05) is 20.3 Å². The van der Waals surface area contributed by atoms with Crippen LogP contribution in [0.15, 0.2) is 0 Å². The predicted octanol–water partition coefficient (Wildman–Crippen LogP) is -3.99. The Hall–Kier alpha value is -3.87. The Balaban J connectivity index is 5.67. The van der Waals surface area contributed by atoms with Gasteiger partial charge in [-0.25, -0.2) is 4.79 Å². The first-order chi connectivity index (χ1) is 21.5. The van der Waals surface area contributed by atoms with Gasteiger partial charge < -0.3 is 59.7 Å². The van der Waals surface area contributed by atoms with Crippen LogP contribution in [0, 0.1) is 5.92 Å². The Bertz CT molecular complexity index is 1040. The highest BCUT2D eigenvalue weighted by Crippen LogP contribution is 2.07. The van der Waals surface area contributed by atoms with Crippen molar-refractivity contribution in [1.29, 1.82) is 0 Å². The van der Waals surface area contributed by atoms with Crippen molar-refractivity contribution in [3.05, 3.63) is 0 Å².